The Kier molecular flexibility index (Phi) is 6.98. The average Bonchev–Trinajstić information content (AvgIpc) is 2.16. The molecule has 0 saturated heterocycles. The van der Waals surface area contributed by atoms with Crippen molar-refractivity contribution in [1.82, 2.24) is 5.43 Å². The number of quaternary nitrogens is 1. The number of likely N-dealkylation sites (N-methyl/N-ethyl adjacent to an activating group) is 1. The predicted molar refractivity (Wildman–Crippen MR) is 63.8 cm³/mol. The number of hydrogen-bond acceptors (Lipinski definition) is 4. The highest BCUT2D eigenvalue weighted by atomic mass is 16.5. The minimum absolute atomic E-state index is 0.0718. The maximum absolute atomic E-state index is 11.3. The normalized spacial score (nSPS) is 15.1. The van der Waals surface area contributed by atoms with Crippen LogP contribution in [0.3, 0.4) is 0 Å². The van der Waals surface area contributed by atoms with E-state index < -0.39 is 18.1 Å². The third kappa shape index (κ3) is 7.87. The third-order valence-corrected chi connectivity index (χ3v) is 2.01. The molecular weight excluding hydrogens is 224 g/mol. The van der Waals surface area contributed by atoms with Crippen molar-refractivity contribution < 1.29 is 24.3 Å². The topological polar surface area (TPSA) is 78.8 Å². The highest BCUT2D eigenvalue weighted by molar-refractivity contribution is 5.78. The maximum Gasteiger partial charge on any atom is 0.293 e. The number of ether oxygens (including phenoxy) is 1. The molecule has 2 atom stereocenters. The third-order valence-electron chi connectivity index (χ3n) is 2.01. The molecule has 0 aliphatic heterocycles. The summed E-state index contributed by atoms with van der Waals surface area (Å²) in [6.07, 6.45) is -0.164. The van der Waals surface area contributed by atoms with Gasteiger partial charge in [0.25, 0.3) is 5.91 Å². The first kappa shape index (κ1) is 16.1. The van der Waals surface area contributed by atoms with Crippen molar-refractivity contribution in [3.63, 3.8) is 0 Å². The van der Waals surface area contributed by atoms with Crippen LogP contribution >= 0.6 is 0 Å². The van der Waals surface area contributed by atoms with Crippen molar-refractivity contribution in [2.45, 2.75) is 19.1 Å². The van der Waals surface area contributed by atoms with E-state index in [1.54, 1.807) is 20.2 Å². The molecule has 100 valence electrons. The van der Waals surface area contributed by atoms with Crippen LogP contribution in [0, 0.1) is 0 Å². The van der Waals surface area contributed by atoms with Gasteiger partial charge in [0.1, 0.15) is 18.8 Å². The van der Waals surface area contributed by atoms with Gasteiger partial charge >= 0.3 is 0 Å². The zero-order valence-electron chi connectivity index (χ0n) is 10.7. The number of hydrogen-bond donors (Lipinski definition) is 3. The summed E-state index contributed by atoms with van der Waals surface area (Å²) in [4.78, 5) is 11.3. The second kappa shape index (κ2) is 7.39. The summed E-state index contributed by atoms with van der Waals surface area (Å²) in [6.45, 7) is 5.73. The van der Waals surface area contributed by atoms with Crippen LogP contribution in [0.1, 0.15) is 6.92 Å². The Hall–Kier alpha value is -0.950. The Morgan fingerprint density at radius 3 is 2.59 bits per heavy atom. The molecule has 0 spiro atoms. The van der Waals surface area contributed by atoms with Crippen LogP contribution in [0.25, 0.3) is 0 Å². The summed E-state index contributed by atoms with van der Waals surface area (Å²) in [5.74, 6) is -0.478. The van der Waals surface area contributed by atoms with Crippen LogP contribution in [-0.2, 0) is 9.53 Å². The van der Waals surface area contributed by atoms with Gasteiger partial charge < -0.3 is 14.9 Å². The van der Waals surface area contributed by atoms with E-state index in [0.29, 0.717) is 6.61 Å². The average molecular weight is 247 g/mol. The van der Waals surface area contributed by atoms with E-state index in [0.717, 1.165) is 0 Å². The smallest absolute Gasteiger partial charge is 0.293 e. The van der Waals surface area contributed by atoms with E-state index in [9.17, 15) is 9.90 Å². The first-order valence-electron chi connectivity index (χ1n) is 5.48. The summed E-state index contributed by atoms with van der Waals surface area (Å²) in [7, 11) is 3.44. The fourth-order valence-electron chi connectivity index (χ4n) is 1.30. The lowest BCUT2D eigenvalue weighted by atomic mass is 10.3. The summed E-state index contributed by atoms with van der Waals surface area (Å²) in [5.41, 5.74) is 2.59. The minimum atomic E-state index is -1.07. The zero-order valence-corrected chi connectivity index (χ0v) is 10.7. The molecule has 0 aromatic carbocycles. The maximum atomic E-state index is 11.3. The van der Waals surface area contributed by atoms with E-state index in [4.69, 9.17) is 9.84 Å². The molecular formula is C11H23N2O4+. The van der Waals surface area contributed by atoms with E-state index in [1.165, 1.54) is 6.92 Å². The minimum Gasteiger partial charge on any atom is -0.385 e. The van der Waals surface area contributed by atoms with Crippen LogP contribution < -0.4 is 5.43 Å². The lowest BCUT2D eigenvalue weighted by Crippen LogP contribution is -2.59. The van der Waals surface area contributed by atoms with Gasteiger partial charge in [-0.1, -0.05) is 6.08 Å². The van der Waals surface area contributed by atoms with Crippen molar-refractivity contribution in [1.29, 1.82) is 0 Å². The Labute approximate surface area is 102 Å². The highest BCUT2D eigenvalue weighted by Crippen LogP contribution is 1.98. The fourth-order valence-corrected chi connectivity index (χ4v) is 1.30. The fraction of sp³-hybridized carbons (Fsp3) is 0.727. The lowest BCUT2D eigenvalue weighted by molar-refractivity contribution is -0.928. The molecule has 17 heavy (non-hydrogen) atoms. The second-order valence-electron chi connectivity index (χ2n) is 4.50. The molecule has 6 nitrogen and oxygen atoms in total. The SMILES string of the molecule is C=CCOCC(O)C[N+](C)(C)NC(=O)C(C)O. The Bertz CT molecular complexity index is 254. The highest BCUT2D eigenvalue weighted by Gasteiger charge is 2.25. The zero-order chi connectivity index (χ0) is 13.5. The molecule has 0 bridgehead atoms. The molecule has 0 aromatic rings. The van der Waals surface area contributed by atoms with Crippen LogP contribution in [-0.4, -0.2) is 66.8 Å². The molecule has 0 fully saturated rings. The molecule has 3 N–H and O–H groups in total. The molecule has 6 heteroatoms. The molecule has 0 aromatic heterocycles. The number of aliphatic hydroxyl groups excluding tert-OH is 2. The van der Waals surface area contributed by atoms with Crippen molar-refractivity contribution >= 4 is 5.91 Å². The standard InChI is InChI=1S/C11H22N2O4/c1-5-6-17-8-10(15)7-13(3,4)12-11(16)9(2)14/h5,9-10,14-15H,1,6-8H2,2-4H3/p+1. The molecule has 0 aliphatic carbocycles. The lowest BCUT2D eigenvalue weighted by Gasteiger charge is -2.31. The van der Waals surface area contributed by atoms with Gasteiger partial charge in [-0.2, -0.15) is 0 Å². The quantitative estimate of drug-likeness (QED) is 0.223. The molecule has 0 heterocycles. The van der Waals surface area contributed by atoms with Gasteiger partial charge in [0, 0.05) is 0 Å². The Morgan fingerprint density at radius 1 is 1.53 bits per heavy atom. The van der Waals surface area contributed by atoms with Gasteiger partial charge in [0.2, 0.25) is 0 Å². The van der Waals surface area contributed by atoms with Gasteiger partial charge in [-0.05, 0) is 6.92 Å². The first-order valence-corrected chi connectivity index (χ1v) is 5.48. The number of carbonyl (C=O) groups is 1. The van der Waals surface area contributed by atoms with Crippen molar-refractivity contribution in [2.75, 3.05) is 33.9 Å². The first-order chi connectivity index (χ1) is 7.78. The predicted octanol–water partition coefficient (Wildman–Crippen LogP) is -0.962. The summed E-state index contributed by atoms with van der Waals surface area (Å²) in [5, 5.41) is 18.7. The number of nitrogens with zero attached hydrogens (tertiary/aromatic N) is 1. The molecule has 2 unspecified atom stereocenters. The monoisotopic (exact) mass is 247 g/mol. The van der Waals surface area contributed by atoms with Gasteiger partial charge in [-0.25, -0.2) is 10.0 Å². The molecule has 0 aliphatic rings. The van der Waals surface area contributed by atoms with Crippen LogP contribution in [0.4, 0.5) is 0 Å². The summed E-state index contributed by atoms with van der Waals surface area (Å²) >= 11 is 0. The van der Waals surface area contributed by atoms with E-state index in [2.05, 4.69) is 12.0 Å². The largest absolute Gasteiger partial charge is 0.385 e. The molecule has 0 saturated carbocycles. The number of rotatable bonds is 8. The van der Waals surface area contributed by atoms with Gasteiger partial charge in [-0.3, -0.25) is 4.79 Å². The van der Waals surface area contributed by atoms with Gasteiger partial charge in [-0.15, -0.1) is 6.58 Å². The number of aliphatic hydroxyl groups is 2. The van der Waals surface area contributed by atoms with Crippen molar-refractivity contribution in [3.05, 3.63) is 12.7 Å². The Balaban J connectivity index is 4.05. The summed E-state index contributed by atoms with van der Waals surface area (Å²) < 4.78 is 5.17. The van der Waals surface area contributed by atoms with E-state index >= 15 is 0 Å². The molecule has 1 amide bonds. The molecule has 0 radical (unpaired) electrons. The van der Waals surface area contributed by atoms with Crippen molar-refractivity contribution in [3.8, 4) is 0 Å². The van der Waals surface area contributed by atoms with Gasteiger partial charge in [0.05, 0.1) is 27.3 Å². The summed E-state index contributed by atoms with van der Waals surface area (Å²) in [6, 6.07) is 0. The molecule has 0 rings (SSSR count). The van der Waals surface area contributed by atoms with Crippen LogP contribution in [0.15, 0.2) is 12.7 Å². The number of nitrogens with one attached hydrogen (secondary N) is 1. The second-order valence-corrected chi connectivity index (χ2v) is 4.50. The van der Waals surface area contributed by atoms with Gasteiger partial charge in [0.15, 0.2) is 0 Å². The number of amides is 1. The number of carbonyl (C=O) groups excluding carboxylic acids is 1. The van der Waals surface area contributed by atoms with Crippen LogP contribution in [0.2, 0.25) is 0 Å². The van der Waals surface area contributed by atoms with Crippen molar-refractivity contribution in [2.24, 2.45) is 0 Å². The van der Waals surface area contributed by atoms with E-state index in [-0.39, 0.29) is 17.7 Å². The Morgan fingerprint density at radius 2 is 2.12 bits per heavy atom. The van der Waals surface area contributed by atoms with E-state index in [1.807, 2.05) is 0 Å². The van der Waals surface area contributed by atoms with Crippen LogP contribution in [0.5, 0.6) is 0 Å².